The smallest absolute Gasteiger partial charge is 0.122 e. The van der Waals surface area contributed by atoms with Crippen LogP contribution in [-0.4, -0.2) is 20.4 Å². The molecule has 0 saturated heterocycles. The molecule has 1 aliphatic rings. The van der Waals surface area contributed by atoms with Crippen molar-refractivity contribution in [1.29, 1.82) is 0 Å². The zero-order chi connectivity index (χ0) is 25.7. The van der Waals surface area contributed by atoms with E-state index in [1.807, 2.05) is 48.5 Å². The van der Waals surface area contributed by atoms with Crippen LogP contribution in [0.5, 0.6) is 23.0 Å². The monoisotopic (exact) mass is 736 g/mol. The van der Waals surface area contributed by atoms with E-state index in [1.165, 1.54) is 0 Å². The number of benzene rings is 4. The summed E-state index contributed by atoms with van der Waals surface area (Å²) in [6, 6.07) is 14.7. The Kier molecular flexibility index (Phi) is 7.15. The Morgan fingerprint density at radius 2 is 0.472 bits per heavy atom. The second kappa shape index (κ2) is 10.0. The van der Waals surface area contributed by atoms with Gasteiger partial charge in [0.05, 0.1) is 0 Å². The molecule has 0 fully saturated rings. The van der Waals surface area contributed by atoms with Gasteiger partial charge in [0.1, 0.15) is 23.0 Å². The van der Waals surface area contributed by atoms with E-state index in [2.05, 4.69) is 63.7 Å². The quantitative estimate of drug-likeness (QED) is 0.129. The maximum atomic E-state index is 11.2. The minimum atomic E-state index is 0.124. The van der Waals surface area contributed by atoms with Crippen LogP contribution < -0.4 is 0 Å². The summed E-state index contributed by atoms with van der Waals surface area (Å²) < 4.78 is 3.17. The van der Waals surface area contributed by atoms with Gasteiger partial charge in [0, 0.05) is 43.6 Å². The van der Waals surface area contributed by atoms with Crippen LogP contribution in [-0.2, 0) is 25.7 Å². The van der Waals surface area contributed by atoms with Gasteiger partial charge < -0.3 is 20.4 Å². The molecule has 36 heavy (non-hydrogen) atoms. The Labute approximate surface area is 242 Å². The standard InChI is InChI=1S/C28H20Br4O4/c29-21-5-13-1-14-6-22(30)8-16(26(14)34)3-18-10-24(32)12-20(28(18)36)4-19-11-23(31)9-17(27(19)35)2-15(7-21)25(13)33/h5-12,33-36H,1-4H2. The normalized spacial score (nSPS) is 13.0. The van der Waals surface area contributed by atoms with Crippen molar-refractivity contribution in [2.45, 2.75) is 25.7 Å². The zero-order valence-corrected chi connectivity index (χ0v) is 25.1. The van der Waals surface area contributed by atoms with Gasteiger partial charge in [-0.15, -0.1) is 0 Å². The fourth-order valence-electron chi connectivity index (χ4n) is 4.77. The van der Waals surface area contributed by atoms with Crippen LogP contribution in [0.1, 0.15) is 44.5 Å². The lowest BCUT2D eigenvalue weighted by atomic mass is 9.91. The summed E-state index contributed by atoms with van der Waals surface area (Å²) in [5, 5.41) is 44.8. The summed E-state index contributed by atoms with van der Waals surface area (Å²) >= 11 is 14.2. The number of hydrogen-bond donors (Lipinski definition) is 4. The first-order chi connectivity index (χ1) is 17.1. The molecule has 5 rings (SSSR count). The summed E-state index contributed by atoms with van der Waals surface area (Å²) in [7, 11) is 0. The Morgan fingerprint density at radius 1 is 0.333 bits per heavy atom. The van der Waals surface area contributed by atoms with Crippen LogP contribution in [0.25, 0.3) is 0 Å². The molecule has 0 amide bonds. The van der Waals surface area contributed by atoms with Gasteiger partial charge in [0.25, 0.3) is 0 Å². The van der Waals surface area contributed by atoms with Crippen molar-refractivity contribution in [3.8, 4) is 23.0 Å². The van der Waals surface area contributed by atoms with Crippen LogP contribution in [0.4, 0.5) is 0 Å². The molecule has 0 unspecified atom stereocenters. The minimum Gasteiger partial charge on any atom is -0.507 e. The number of rotatable bonds is 0. The molecule has 0 saturated carbocycles. The highest BCUT2D eigenvalue weighted by Gasteiger charge is 2.20. The summed E-state index contributed by atoms with van der Waals surface area (Å²) in [5.74, 6) is 0.496. The lowest BCUT2D eigenvalue weighted by molar-refractivity contribution is 0.450. The molecule has 8 heteroatoms. The van der Waals surface area contributed by atoms with Crippen molar-refractivity contribution >= 4 is 63.7 Å². The van der Waals surface area contributed by atoms with Gasteiger partial charge in [0.2, 0.25) is 0 Å². The van der Waals surface area contributed by atoms with Gasteiger partial charge in [-0.25, -0.2) is 0 Å². The summed E-state index contributed by atoms with van der Waals surface area (Å²) in [6.45, 7) is 0. The van der Waals surface area contributed by atoms with Crippen molar-refractivity contribution in [2.75, 3.05) is 0 Å². The number of phenolic OH excluding ortho intramolecular Hbond substituents is 4. The van der Waals surface area contributed by atoms with Crippen molar-refractivity contribution in [3.05, 3.63) is 111 Å². The van der Waals surface area contributed by atoms with Crippen molar-refractivity contribution in [2.24, 2.45) is 0 Å². The van der Waals surface area contributed by atoms with Gasteiger partial charge in [0.15, 0.2) is 0 Å². The molecule has 0 spiro atoms. The Hall–Kier alpha value is -2.00. The van der Waals surface area contributed by atoms with Gasteiger partial charge >= 0.3 is 0 Å². The van der Waals surface area contributed by atoms with Crippen LogP contribution >= 0.6 is 63.7 Å². The molecular weight excluding hydrogens is 720 g/mol. The predicted octanol–water partition coefficient (Wildman–Crippen LogP) is 8.24. The highest BCUT2D eigenvalue weighted by molar-refractivity contribution is 9.11. The SMILES string of the molecule is Oc1c2cc(Br)cc1Cc1cc(Br)cc(c1O)Cc1cc(Br)cc(c1O)Cc1cc(Br)cc(c1O)C2. The minimum absolute atomic E-state index is 0.124. The summed E-state index contributed by atoms with van der Waals surface area (Å²) in [5.41, 5.74) is 5.17. The molecule has 4 nitrogen and oxygen atoms in total. The first kappa shape index (κ1) is 25.6. The van der Waals surface area contributed by atoms with Crippen molar-refractivity contribution < 1.29 is 20.4 Å². The van der Waals surface area contributed by atoms with Crippen molar-refractivity contribution in [3.63, 3.8) is 0 Å². The Balaban J connectivity index is 1.78. The van der Waals surface area contributed by atoms with Crippen LogP contribution in [0, 0.1) is 0 Å². The fraction of sp³-hybridized carbons (Fsp3) is 0.143. The molecular formula is C28H20Br4O4. The molecule has 8 bridgehead atoms. The largest absolute Gasteiger partial charge is 0.507 e. The highest BCUT2D eigenvalue weighted by Crippen LogP contribution is 2.40. The van der Waals surface area contributed by atoms with Crippen LogP contribution in [0.3, 0.4) is 0 Å². The van der Waals surface area contributed by atoms with E-state index in [0.29, 0.717) is 70.2 Å². The average molecular weight is 740 g/mol. The topological polar surface area (TPSA) is 80.9 Å². The van der Waals surface area contributed by atoms with E-state index in [9.17, 15) is 20.4 Å². The molecule has 4 N–H and O–H groups in total. The fourth-order valence-corrected chi connectivity index (χ4v) is 6.98. The Bertz CT molecular complexity index is 1210. The van der Waals surface area contributed by atoms with E-state index in [1.54, 1.807) is 0 Å². The number of fused-ring (bicyclic) bond motifs is 8. The van der Waals surface area contributed by atoms with E-state index in [0.717, 1.165) is 17.9 Å². The maximum Gasteiger partial charge on any atom is 0.122 e. The first-order valence-electron chi connectivity index (χ1n) is 11.1. The summed E-state index contributed by atoms with van der Waals surface area (Å²) in [6.07, 6.45) is 1.17. The van der Waals surface area contributed by atoms with Gasteiger partial charge in [-0.05, 0) is 93.0 Å². The van der Waals surface area contributed by atoms with Gasteiger partial charge in [-0.1, -0.05) is 63.7 Å². The lowest BCUT2D eigenvalue weighted by Crippen LogP contribution is -2.01. The van der Waals surface area contributed by atoms with Crippen molar-refractivity contribution in [1.82, 2.24) is 0 Å². The third kappa shape index (κ3) is 5.05. The second-order valence-electron chi connectivity index (χ2n) is 9.00. The lowest BCUT2D eigenvalue weighted by Gasteiger charge is -2.18. The van der Waals surface area contributed by atoms with Crippen LogP contribution in [0.2, 0.25) is 0 Å². The van der Waals surface area contributed by atoms with Gasteiger partial charge in [-0.2, -0.15) is 0 Å². The zero-order valence-electron chi connectivity index (χ0n) is 18.7. The molecule has 0 radical (unpaired) electrons. The molecule has 4 aromatic rings. The maximum absolute atomic E-state index is 11.2. The number of hydrogen-bond acceptors (Lipinski definition) is 4. The first-order valence-corrected chi connectivity index (χ1v) is 14.3. The summed E-state index contributed by atoms with van der Waals surface area (Å²) in [4.78, 5) is 0. The van der Waals surface area contributed by atoms with E-state index < -0.39 is 0 Å². The third-order valence-electron chi connectivity index (χ3n) is 6.45. The second-order valence-corrected chi connectivity index (χ2v) is 12.7. The number of phenols is 4. The predicted molar refractivity (Wildman–Crippen MR) is 154 cm³/mol. The molecule has 1 aliphatic carbocycles. The van der Waals surface area contributed by atoms with Gasteiger partial charge in [-0.3, -0.25) is 0 Å². The molecule has 4 aromatic carbocycles. The van der Waals surface area contributed by atoms with E-state index >= 15 is 0 Å². The molecule has 0 aromatic heterocycles. The molecule has 184 valence electrons. The molecule has 0 heterocycles. The number of halogens is 4. The average Bonchev–Trinajstić information content (AvgIpc) is 2.80. The van der Waals surface area contributed by atoms with E-state index in [-0.39, 0.29) is 23.0 Å². The molecule has 0 atom stereocenters. The van der Waals surface area contributed by atoms with Crippen LogP contribution in [0.15, 0.2) is 66.4 Å². The molecule has 0 aliphatic heterocycles. The van der Waals surface area contributed by atoms with E-state index in [4.69, 9.17) is 0 Å². The number of aromatic hydroxyl groups is 4. The third-order valence-corrected chi connectivity index (χ3v) is 8.29. The highest BCUT2D eigenvalue weighted by atomic mass is 79.9. The Morgan fingerprint density at radius 3 is 0.611 bits per heavy atom.